The lowest BCUT2D eigenvalue weighted by molar-refractivity contribution is -0.161. The fourth-order valence-corrected chi connectivity index (χ4v) is 8.33. The molecule has 5 aromatic rings. The third-order valence-electron chi connectivity index (χ3n) is 11.7. The van der Waals surface area contributed by atoms with Gasteiger partial charge in [-0.3, -0.25) is 29.3 Å². The zero-order chi connectivity index (χ0) is 36.5. The van der Waals surface area contributed by atoms with Crippen LogP contribution in [0.3, 0.4) is 0 Å². The molecule has 9 rings (SSSR count). The van der Waals surface area contributed by atoms with Crippen molar-refractivity contribution in [3.05, 3.63) is 84.5 Å². The minimum absolute atomic E-state index is 0.0125. The van der Waals surface area contributed by atoms with Gasteiger partial charge in [0.15, 0.2) is 5.82 Å². The molecule has 4 aliphatic rings. The minimum atomic E-state index is -4.36. The van der Waals surface area contributed by atoms with Crippen molar-refractivity contribution in [3.8, 4) is 22.6 Å². The topological polar surface area (TPSA) is 116 Å². The maximum absolute atomic E-state index is 14.1. The number of carbonyl (C=O) groups is 2. The van der Waals surface area contributed by atoms with Gasteiger partial charge in [0.05, 0.1) is 23.2 Å². The van der Waals surface area contributed by atoms with Crippen LogP contribution in [0, 0.1) is 5.41 Å². The average Bonchev–Trinajstić information content (AvgIpc) is 3.38. The number of anilines is 1. The molecule has 272 valence electrons. The van der Waals surface area contributed by atoms with Crippen molar-refractivity contribution in [2.24, 2.45) is 12.5 Å². The zero-order valence-electron chi connectivity index (χ0n) is 29.2. The van der Waals surface area contributed by atoms with Crippen LogP contribution in [0.15, 0.2) is 73.2 Å². The molecular weight excluding hydrogens is 683 g/mol. The first-order valence-corrected chi connectivity index (χ1v) is 18.0. The number of nitrogens with one attached hydrogen (secondary N) is 1. The average molecular weight is 722 g/mol. The van der Waals surface area contributed by atoms with Crippen LogP contribution in [0.5, 0.6) is 0 Å². The van der Waals surface area contributed by atoms with Gasteiger partial charge in [-0.05, 0) is 80.1 Å². The largest absolute Gasteiger partial charge is 0.399 e. The van der Waals surface area contributed by atoms with Crippen LogP contribution in [0.2, 0.25) is 0 Å². The number of aromatic nitrogens is 6. The predicted molar refractivity (Wildman–Crippen MR) is 192 cm³/mol. The molecule has 3 fully saturated rings. The quantitative estimate of drug-likeness (QED) is 0.227. The number of nitrogens with zero attached hydrogens (tertiary/aromatic N) is 8. The maximum atomic E-state index is 14.1. The number of pyridine rings is 1. The molecule has 3 aliphatic heterocycles. The van der Waals surface area contributed by atoms with Gasteiger partial charge in [-0.15, -0.1) is 0 Å². The smallest absolute Gasteiger partial charge is 0.338 e. The van der Waals surface area contributed by atoms with Crippen molar-refractivity contribution in [2.45, 2.75) is 43.7 Å². The van der Waals surface area contributed by atoms with E-state index in [2.05, 4.69) is 48.4 Å². The molecule has 11 nitrogen and oxygen atoms in total. The van der Waals surface area contributed by atoms with Gasteiger partial charge in [0.2, 0.25) is 11.8 Å². The second-order valence-corrected chi connectivity index (χ2v) is 14.9. The van der Waals surface area contributed by atoms with Gasteiger partial charge in [-0.2, -0.15) is 23.4 Å². The number of likely N-dealkylation sites (tertiary alicyclic amines) is 1. The van der Waals surface area contributed by atoms with Gasteiger partial charge >= 0.3 is 6.18 Å². The van der Waals surface area contributed by atoms with Gasteiger partial charge < -0.3 is 9.80 Å². The molecule has 0 radical (unpaired) electrons. The highest BCUT2D eigenvalue weighted by molar-refractivity contribution is 6.03. The normalized spacial score (nSPS) is 21.6. The summed E-state index contributed by atoms with van der Waals surface area (Å²) < 4.78 is 43.3. The Kier molecular flexibility index (Phi) is 7.80. The molecular formula is C39H38F3N9O2. The molecule has 2 saturated heterocycles. The van der Waals surface area contributed by atoms with Crippen molar-refractivity contribution in [2.75, 3.05) is 44.2 Å². The summed E-state index contributed by atoms with van der Waals surface area (Å²) in [4.78, 5) is 41.7. The van der Waals surface area contributed by atoms with Gasteiger partial charge in [0.25, 0.3) is 0 Å². The maximum Gasteiger partial charge on any atom is 0.399 e. The third-order valence-corrected chi connectivity index (χ3v) is 11.7. The molecule has 1 aliphatic carbocycles. The molecule has 2 amide bonds. The molecule has 1 saturated carbocycles. The van der Waals surface area contributed by atoms with Crippen LogP contribution in [0.1, 0.15) is 43.4 Å². The summed E-state index contributed by atoms with van der Waals surface area (Å²) in [6.45, 7) is 3.21. The molecule has 1 atom stereocenters. The Labute approximate surface area is 303 Å². The Balaban J connectivity index is 0.844. The number of carbonyl (C=O) groups excluding carboxylic acids is 2. The molecule has 2 aromatic carbocycles. The summed E-state index contributed by atoms with van der Waals surface area (Å²) in [5.74, 6) is 0.795. The van der Waals surface area contributed by atoms with E-state index in [9.17, 15) is 22.8 Å². The first-order chi connectivity index (χ1) is 25.5. The van der Waals surface area contributed by atoms with E-state index in [1.165, 1.54) is 17.8 Å². The predicted octanol–water partition coefficient (Wildman–Crippen LogP) is 5.76. The second-order valence-electron chi connectivity index (χ2n) is 14.9. The second kappa shape index (κ2) is 12.4. The molecule has 14 heteroatoms. The minimum Gasteiger partial charge on any atom is -0.338 e. The lowest BCUT2D eigenvalue weighted by Gasteiger charge is -2.29. The lowest BCUT2D eigenvalue weighted by Crippen LogP contribution is -2.43. The number of fused-ring (bicyclic) bond motifs is 1. The summed E-state index contributed by atoms with van der Waals surface area (Å²) in [7, 11) is 1.84. The number of H-pyrrole nitrogens is 1. The van der Waals surface area contributed by atoms with E-state index in [1.807, 2.05) is 42.3 Å². The number of aryl methyl sites for hydroxylation is 1. The Hall–Kier alpha value is -5.37. The van der Waals surface area contributed by atoms with Crippen LogP contribution in [0.4, 0.5) is 18.9 Å². The fourth-order valence-electron chi connectivity index (χ4n) is 8.33. The monoisotopic (exact) mass is 721 g/mol. The number of alkyl halides is 3. The summed E-state index contributed by atoms with van der Waals surface area (Å²) in [5.41, 5.74) is 3.37. The van der Waals surface area contributed by atoms with E-state index in [1.54, 1.807) is 22.0 Å². The van der Waals surface area contributed by atoms with Crippen LogP contribution < -0.4 is 4.90 Å². The summed E-state index contributed by atoms with van der Waals surface area (Å²) >= 11 is 0. The van der Waals surface area contributed by atoms with Crippen LogP contribution in [-0.2, 0) is 22.1 Å². The zero-order valence-corrected chi connectivity index (χ0v) is 29.2. The number of benzene rings is 2. The number of amides is 2. The number of hydrogen-bond donors (Lipinski definition) is 1. The molecule has 1 N–H and O–H groups in total. The fraction of sp³-hybridized carbons (Fsp3) is 0.385. The third kappa shape index (κ3) is 5.79. The molecule has 1 spiro atoms. The van der Waals surface area contributed by atoms with Gasteiger partial charge in [0.1, 0.15) is 17.4 Å². The number of aromatic amines is 1. The summed E-state index contributed by atoms with van der Waals surface area (Å²) in [6.07, 6.45) is 3.05. The van der Waals surface area contributed by atoms with Gasteiger partial charge in [-0.1, -0.05) is 30.3 Å². The van der Waals surface area contributed by atoms with E-state index in [0.29, 0.717) is 62.6 Å². The first kappa shape index (κ1) is 33.5. The number of halogens is 3. The SMILES string of the molecule is Cn1cnc(-c2ccc(C3=CCN(C(=O)CN4CC[C@]5(CCN(c6ccc7[nH]nc(-c8ccnc(C9(C(F)(F)F)CC9)c8)c7c6)C5=O)C4)CC3)cc2)n1. The van der Waals surface area contributed by atoms with Crippen LogP contribution >= 0.6 is 0 Å². The first-order valence-electron chi connectivity index (χ1n) is 18.0. The van der Waals surface area contributed by atoms with Crippen molar-refractivity contribution in [1.29, 1.82) is 0 Å². The van der Waals surface area contributed by atoms with Gasteiger partial charge in [-0.25, -0.2) is 4.98 Å². The van der Waals surface area contributed by atoms with E-state index in [0.717, 1.165) is 34.1 Å². The van der Waals surface area contributed by atoms with E-state index < -0.39 is 17.0 Å². The Morgan fingerprint density at radius 1 is 0.925 bits per heavy atom. The van der Waals surface area contributed by atoms with Gasteiger partial charge in [0, 0.05) is 61.6 Å². The van der Waals surface area contributed by atoms with E-state index in [4.69, 9.17) is 0 Å². The standard InChI is InChI=1S/C39H38F3N9O2/c1-48-24-44-35(47-48)27-4-2-25(3-5-27)26-9-16-50(17-10-26)33(52)22-49-18-13-37(23-49)14-19-51(36(37)53)29-6-7-31-30(21-29)34(46-45-31)28-8-15-43-32(20-28)38(11-12-38)39(40,41)42/h2-9,15,20-21,24H,10-14,16-19,22-23H2,1H3,(H,45,46)/t37-/m0/s1. The van der Waals surface area contributed by atoms with Crippen molar-refractivity contribution in [1.82, 2.24) is 39.7 Å². The highest BCUT2D eigenvalue weighted by atomic mass is 19.4. The summed E-state index contributed by atoms with van der Waals surface area (Å²) in [5, 5.41) is 12.5. The highest BCUT2D eigenvalue weighted by Gasteiger charge is 2.65. The highest BCUT2D eigenvalue weighted by Crippen LogP contribution is 2.58. The molecule has 0 bridgehead atoms. The Morgan fingerprint density at radius 2 is 1.72 bits per heavy atom. The van der Waals surface area contributed by atoms with Crippen molar-refractivity contribution < 1.29 is 22.8 Å². The van der Waals surface area contributed by atoms with E-state index >= 15 is 0 Å². The molecule has 53 heavy (non-hydrogen) atoms. The molecule has 3 aromatic heterocycles. The number of hydrogen-bond acceptors (Lipinski definition) is 7. The van der Waals surface area contributed by atoms with Crippen LogP contribution in [-0.4, -0.2) is 97.0 Å². The Bertz CT molecular complexity index is 2270. The van der Waals surface area contributed by atoms with E-state index in [-0.39, 0.29) is 36.9 Å². The summed E-state index contributed by atoms with van der Waals surface area (Å²) in [6, 6.07) is 17.0. The van der Waals surface area contributed by atoms with Crippen LogP contribution in [0.25, 0.3) is 39.1 Å². The molecule has 0 unspecified atom stereocenters. The number of rotatable bonds is 7. The molecule has 6 heterocycles. The van der Waals surface area contributed by atoms with Crippen molar-refractivity contribution >= 4 is 34.0 Å². The Morgan fingerprint density at radius 3 is 2.43 bits per heavy atom. The lowest BCUT2D eigenvalue weighted by atomic mass is 9.85. The van der Waals surface area contributed by atoms with Crippen molar-refractivity contribution in [3.63, 3.8) is 0 Å².